The van der Waals surface area contributed by atoms with Crippen LogP contribution in [0.2, 0.25) is 0 Å². The maximum absolute atomic E-state index is 11.7. The zero-order valence-electron chi connectivity index (χ0n) is 10.8. The lowest BCUT2D eigenvalue weighted by atomic mass is 9.92. The second-order valence-electron chi connectivity index (χ2n) is 4.51. The number of hydrogen-bond donors (Lipinski definition) is 1. The van der Waals surface area contributed by atoms with E-state index < -0.39 is 0 Å². The SMILES string of the molecule is CCOC(=O)c1ccnc(N(C)C2CCC2)c1N. The zero-order valence-corrected chi connectivity index (χ0v) is 10.8. The summed E-state index contributed by atoms with van der Waals surface area (Å²) in [5.41, 5.74) is 6.83. The first-order valence-electron chi connectivity index (χ1n) is 6.29. The highest BCUT2D eigenvalue weighted by molar-refractivity contribution is 5.97. The average molecular weight is 249 g/mol. The molecular formula is C13H19N3O2. The Kier molecular flexibility index (Phi) is 3.69. The van der Waals surface area contributed by atoms with Gasteiger partial charge in [0.1, 0.15) is 0 Å². The fraction of sp³-hybridized carbons (Fsp3) is 0.538. The number of esters is 1. The van der Waals surface area contributed by atoms with Crippen LogP contribution in [0.5, 0.6) is 0 Å². The molecule has 0 aromatic carbocycles. The molecule has 0 aliphatic heterocycles. The number of hydrogen-bond acceptors (Lipinski definition) is 5. The molecule has 1 aromatic heterocycles. The summed E-state index contributed by atoms with van der Waals surface area (Å²) < 4.78 is 4.98. The van der Waals surface area contributed by atoms with Gasteiger partial charge in [-0.1, -0.05) is 0 Å². The van der Waals surface area contributed by atoms with Gasteiger partial charge in [0.2, 0.25) is 0 Å². The van der Waals surface area contributed by atoms with Crippen molar-refractivity contribution >= 4 is 17.5 Å². The van der Waals surface area contributed by atoms with E-state index in [0.717, 1.165) is 12.8 Å². The molecule has 18 heavy (non-hydrogen) atoms. The van der Waals surface area contributed by atoms with E-state index in [0.29, 0.717) is 29.7 Å². The number of anilines is 2. The summed E-state index contributed by atoms with van der Waals surface area (Å²) in [4.78, 5) is 18.1. The van der Waals surface area contributed by atoms with Gasteiger partial charge in [-0.3, -0.25) is 0 Å². The van der Waals surface area contributed by atoms with E-state index in [2.05, 4.69) is 9.88 Å². The highest BCUT2D eigenvalue weighted by Gasteiger charge is 2.25. The predicted octanol–water partition coefficient (Wildman–Crippen LogP) is 1.83. The van der Waals surface area contributed by atoms with Gasteiger partial charge >= 0.3 is 5.97 Å². The molecule has 1 fully saturated rings. The van der Waals surface area contributed by atoms with Crippen molar-refractivity contribution < 1.29 is 9.53 Å². The van der Waals surface area contributed by atoms with E-state index in [4.69, 9.17) is 10.5 Å². The van der Waals surface area contributed by atoms with Gasteiger partial charge < -0.3 is 15.4 Å². The molecule has 1 aliphatic carbocycles. The van der Waals surface area contributed by atoms with Crippen molar-refractivity contribution in [2.45, 2.75) is 32.2 Å². The van der Waals surface area contributed by atoms with Gasteiger partial charge in [0, 0.05) is 19.3 Å². The van der Waals surface area contributed by atoms with Gasteiger partial charge in [-0.15, -0.1) is 0 Å². The molecule has 2 N–H and O–H groups in total. The summed E-state index contributed by atoms with van der Waals surface area (Å²) in [6.45, 7) is 2.12. The number of aromatic nitrogens is 1. The third-order valence-electron chi connectivity index (χ3n) is 3.42. The molecule has 0 amide bonds. The molecule has 0 unspecified atom stereocenters. The zero-order chi connectivity index (χ0) is 13.1. The minimum atomic E-state index is -0.388. The number of nitrogens with two attached hydrogens (primary N) is 1. The van der Waals surface area contributed by atoms with Gasteiger partial charge in [-0.25, -0.2) is 9.78 Å². The standard InChI is InChI=1S/C13H19N3O2/c1-3-18-13(17)10-7-8-15-12(11(10)14)16(2)9-5-4-6-9/h7-9H,3-6,14H2,1-2H3. The van der Waals surface area contributed by atoms with E-state index in [1.54, 1.807) is 19.2 Å². The van der Waals surface area contributed by atoms with Crippen LogP contribution in [0.15, 0.2) is 12.3 Å². The summed E-state index contributed by atoms with van der Waals surface area (Å²) in [6.07, 6.45) is 5.15. The van der Waals surface area contributed by atoms with Crippen LogP contribution >= 0.6 is 0 Å². The van der Waals surface area contributed by atoms with Crippen molar-refractivity contribution in [2.75, 3.05) is 24.3 Å². The Labute approximate surface area is 107 Å². The first kappa shape index (κ1) is 12.7. The lowest BCUT2D eigenvalue weighted by Crippen LogP contribution is -2.38. The summed E-state index contributed by atoms with van der Waals surface area (Å²) in [5.74, 6) is 0.283. The molecule has 5 heteroatoms. The number of carbonyl (C=O) groups excluding carboxylic acids is 1. The second-order valence-corrected chi connectivity index (χ2v) is 4.51. The monoisotopic (exact) mass is 249 g/mol. The van der Waals surface area contributed by atoms with Crippen LogP contribution in [-0.4, -0.2) is 30.6 Å². The second kappa shape index (κ2) is 5.25. The molecule has 1 aromatic rings. The number of nitrogens with zero attached hydrogens (tertiary/aromatic N) is 2. The first-order valence-corrected chi connectivity index (χ1v) is 6.29. The highest BCUT2D eigenvalue weighted by Crippen LogP contribution is 2.31. The van der Waals surface area contributed by atoms with Crippen molar-refractivity contribution in [3.05, 3.63) is 17.8 Å². The molecule has 0 radical (unpaired) electrons. The Morgan fingerprint density at radius 3 is 2.89 bits per heavy atom. The first-order chi connectivity index (χ1) is 8.65. The fourth-order valence-electron chi connectivity index (χ4n) is 2.08. The molecule has 0 atom stereocenters. The van der Waals surface area contributed by atoms with Crippen molar-refractivity contribution in [3.8, 4) is 0 Å². The van der Waals surface area contributed by atoms with Crippen LogP contribution in [-0.2, 0) is 4.74 Å². The maximum atomic E-state index is 11.7. The third kappa shape index (κ3) is 2.25. The Hall–Kier alpha value is -1.78. The van der Waals surface area contributed by atoms with Gasteiger partial charge in [0.25, 0.3) is 0 Å². The smallest absolute Gasteiger partial charge is 0.340 e. The Morgan fingerprint density at radius 1 is 1.61 bits per heavy atom. The normalized spacial score (nSPS) is 15.0. The molecule has 1 heterocycles. The molecule has 1 aliphatic rings. The number of ether oxygens (including phenoxy) is 1. The van der Waals surface area contributed by atoms with Crippen molar-refractivity contribution in [3.63, 3.8) is 0 Å². The number of rotatable bonds is 4. The third-order valence-corrected chi connectivity index (χ3v) is 3.42. The summed E-state index contributed by atoms with van der Waals surface area (Å²) >= 11 is 0. The molecule has 98 valence electrons. The van der Waals surface area contributed by atoms with Crippen molar-refractivity contribution in [2.24, 2.45) is 0 Å². The van der Waals surface area contributed by atoms with Crippen LogP contribution in [0.25, 0.3) is 0 Å². The van der Waals surface area contributed by atoms with Crippen LogP contribution < -0.4 is 10.6 Å². The molecule has 5 nitrogen and oxygen atoms in total. The molecule has 0 bridgehead atoms. The van der Waals surface area contributed by atoms with E-state index >= 15 is 0 Å². The van der Waals surface area contributed by atoms with Crippen molar-refractivity contribution in [1.82, 2.24) is 4.98 Å². The maximum Gasteiger partial charge on any atom is 0.340 e. The van der Waals surface area contributed by atoms with Crippen LogP contribution in [0, 0.1) is 0 Å². The topological polar surface area (TPSA) is 68.5 Å². The number of pyridine rings is 1. The van der Waals surface area contributed by atoms with E-state index in [9.17, 15) is 4.79 Å². The molecular weight excluding hydrogens is 230 g/mol. The minimum Gasteiger partial charge on any atom is -0.462 e. The van der Waals surface area contributed by atoms with Crippen LogP contribution in [0.4, 0.5) is 11.5 Å². The Morgan fingerprint density at radius 2 is 2.33 bits per heavy atom. The quantitative estimate of drug-likeness (QED) is 0.824. The molecule has 0 spiro atoms. The van der Waals surface area contributed by atoms with Gasteiger partial charge in [0.05, 0.1) is 17.9 Å². The largest absolute Gasteiger partial charge is 0.462 e. The molecule has 0 saturated heterocycles. The Balaban J connectivity index is 2.26. The number of carbonyl (C=O) groups is 1. The Bertz CT molecular complexity index is 444. The number of nitrogen functional groups attached to an aromatic ring is 1. The fourth-order valence-corrected chi connectivity index (χ4v) is 2.08. The lowest BCUT2D eigenvalue weighted by molar-refractivity contribution is 0.0527. The summed E-state index contributed by atoms with van der Waals surface area (Å²) in [5, 5.41) is 0. The van der Waals surface area contributed by atoms with Gasteiger partial charge in [-0.2, -0.15) is 0 Å². The van der Waals surface area contributed by atoms with E-state index in [1.807, 2.05) is 7.05 Å². The minimum absolute atomic E-state index is 0.342. The van der Waals surface area contributed by atoms with Gasteiger partial charge in [0.15, 0.2) is 5.82 Å². The van der Waals surface area contributed by atoms with E-state index in [-0.39, 0.29) is 5.97 Å². The predicted molar refractivity (Wildman–Crippen MR) is 70.6 cm³/mol. The van der Waals surface area contributed by atoms with Gasteiger partial charge in [-0.05, 0) is 32.3 Å². The lowest BCUT2D eigenvalue weighted by Gasteiger charge is -2.36. The van der Waals surface area contributed by atoms with Crippen LogP contribution in [0.1, 0.15) is 36.5 Å². The average Bonchev–Trinajstić information content (AvgIpc) is 2.27. The highest BCUT2D eigenvalue weighted by atomic mass is 16.5. The van der Waals surface area contributed by atoms with Crippen molar-refractivity contribution in [1.29, 1.82) is 0 Å². The van der Waals surface area contributed by atoms with E-state index in [1.165, 1.54) is 6.42 Å². The molecule has 1 saturated carbocycles. The summed E-state index contributed by atoms with van der Waals surface area (Å²) in [7, 11) is 1.97. The van der Waals surface area contributed by atoms with Crippen LogP contribution in [0.3, 0.4) is 0 Å². The summed E-state index contributed by atoms with van der Waals surface area (Å²) in [6, 6.07) is 2.09. The molecule has 2 rings (SSSR count).